The minimum Gasteiger partial charge on any atom is -0.489 e. The average Bonchev–Trinajstić information content (AvgIpc) is 3.19. The van der Waals surface area contributed by atoms with Gasteiger partial charge in [0.15, 0.2) is 5.75 Å². The number of amides is 1. The van der Waals surface area contributed by atoms with E-state index in [0.29, 0.717) is 45.9 Å². The number of carbonyl (C=O) groups excluding carboxylic acids is 1. The molecule has 0 saturated heterocycles. The van der Waals surface area contributed by atoms with Crippen LogP contribution in [0.5, 0.6) is 11.5 Å². The lowest BCUT2D eigenvalue weighted by atomic mass is 10.2. The second kappa shape index (κ2) is 10.7. The lowest BCUT2D eigenvalue weighted by Gasteiger charge is -2.13. The predicted molar refractivity (Wildman–Crippen MR) is 129 cm³/mol. The quantitative estimate of drug-likeness (QED) is 0.273. The number of methoxy groups -OCH3 is 1. The highest BCUT2D eigenvalue weighted by Crippen LogP contribution is 2.39. The molecule has 8 heteroatoms. The fourth-order valence-corrected chi connectivity index (χ4v) is 4.43. The Balaban J connectivity index is 1.63. The van der Waals surface area contributed by atoms with Gasteiger partial charge >= 0.3 is 0 Å². The molecule has 4 rings (SSSR count). The van der Waals surface area contributed by atoms with E-state index in [4.69, 9.17) is 25.8 Å². The minimum atomic E-state index is -0.376. The summed E-state index contributed by atoms with van der Waals surface area (Å²) in [6, 6.07) is 18.9. The Morgan fingerprint density at radius 2 is 1.82 bits per heavy atom. The number of halogens is 2. The molecule has 1 amide bonds. The van der Waals surface area contributed by atoms with Crippen molar-refractivity contribution >= 4 is 44.6 Å². The number of carbonyl (C=O) groups is 1. The zero-order chi connectivity index (χ0) is 23.2. The number of fused-ring (bicyclic) bond motifs is 1. The Kier molecular flexibility index (Phi) is 7.44. The molecule has 1 aromatic heterocycles. The van der Waals surface area contributed by atoms with Crippen LogP contribution in [0.2, 0.25) is 5.02 Å². The normalized spacial score (nSPS) is 10.9. The van der Waals surface area contributed by atoms with Gasteiger partial charge in [0.1, 0.15) is 29.7 Å². The largest absolute Gasteiger partial charge is 0.489 e. The van der Waals surface area contributed by atoms with Crippen LogP contribution in [-0.2, 0) is 11.3 Å². The van der Waals surface area contributed by atoms with Gasteiger partial charge < -0.3 is 19.5 Å². The first-order valence-electron chi connectivity index (χ1n) is 10.2. The maximum atomic E-state index is 14.1. The van der Waals surface area contributed by atoms with Gasteiger partial charge in [-0.2, -0.15) is 0 Å². The van der Waals surface area contributed by atoms with Gasteiger partial charge in [0.25, 0.3) is 5.91 Å². The highest BCUT2D eigenvalue weighted by molar-refractivity contribution is 7.21. The Bertz CT molecular complexity index is 1280. The molecular weight excluding hydrogens is 465 g/mol. The van der Waals surface area contributed by atoms with Gasteiger partial charge in [-0.05, 0) is 36.4 Å². The highest BCUT2D eigenvalue weighted by Gasteiger charge is 2.22. The van der Waals surface area contributed by atoms with E-state index < -0.39 is 0 Å². The molecule has 0 unspecified atom stereocenters. The van der Waals surface area contributed by atoms with Gasteiger partial charge in [0.05, 0.1) is 12.3 Å². The zero-order valence-electron chi connectivity index (χ0n) is 17.8. The maximum absolute atomic E-state index is 14.1. The van der Waals surface area contributed by atoms with E-state index in [0.717, 1.165) is 10.1 Å². The van der Waals surface area contributed by atoms with E-state index in [1.54, 1.807) is 43.5 Å². The fraction of sp³-hybridized carbons (Fsp3) is 0.160. The fourth-order valence-electron chi connectivity index (χ4n) is 3.22. The van der Waals surface area contributed by atoms with Crippen LogP contribution in [0.15, 0.2) is 66.7 Å². The molecule has 1 heterocycles. The molecule has 5 nitrogen and oxygen atoms in total. The van der Waals surface area contributed by atoms with Crippen molar-refractivity contribution in [3.05, 3.63) is 88.0 Å². The van der Waals surface area contributed by atoms with Crippen molar-refractivity contribution in [2.45, 2.75) is 6.61 Å². The zero-order valence-corrected chi connectivity index (χ0v) is 19.3. The lowest BCUT2D eigenvalue weighted by molar-refractivity contribution is 0.102. The lowest BCUT2D eigenvalue weighted by Crippen LogP contribution is -2.14. The van der Waals surface area contributed by atoms with E-state index >= 15 is 0 Å². The summed E-state index contributed by atoms with van der Waals surface area (Å²) in [5, 5.41) is 4.11. The molecule has 170 valence electrons. The van der Waals surface area contributed by atoms with Crippen LogP contribution < -0.4 is 14.8 Å². The molecule has 0 spiro atoms. The van der Waals surface area contributed by atoms with Crippen molar-refractivity contribution in [1.29, 1.82) is 0 Å². The minimum absolute atomic E-state index is 0.00375. The Morgan fingerprint density at radius 3 is 2.64 bits per heavy atom. The Labute approximate surface area is 199 Å². The van der Waals surface area contributed by atoms with Crippen LogP contribution >= 0.6 is 22.9 Å². The van der Waals surface area contributed by atoms with Gasteiger partial charge in [-0.25, -0.2) is 4.39 Å². The van der Waals surface area contributed by atoms with Crippen molar-refractivity contribution in [2.75, 3.05) is 25.6 Å². The third-order valence-electron chi connectivity index (χ3n) is 4.82. The summed E-state index contributed by atoms with van der Waals surface area (Å²) in [6.45, 7) is 0.720. The molecule has 0 atom stereocenters. The standard InChI is InChI=1S/C25H21ClFNO4S/c1-30-12-13-31-21-11-10-17(26)14-20(21)28-25(29)24-23(18-7-3-5-9-22(18)33-24)32-15-16-6-2-4-8-19(16)27/h2-11,14H,12-13,15H2,1H3,(H,28,29). The first-order chi connectivity index (χ1) is 16.1. The second-order valence-corrected chi connectivity index (χ2v) is 8.56. The predicted octanol–water partition coefficient (Wildman–Crippen LogP) is 6.55. The summed E-state index contributed by atoms with van der Waals surface area (Å²) < 4.78 is 31.7. The number of anilines is 1. The van der Waals surface area contributed by atoms with Crippen LogP contribution in [-0.4, -0.2) is 26.2 Å². The summed E-state index contributed by atoms with van der Waals surface area (Å²) in [5.74, 6) is 0.137. The summed E-state index contributed by atoms with van der Waals surface area (Å²) in [7, 11) is 1.58. The van der Waals surface area contributed by atoms with Crippen LogP contribution in [0.3, 0.4) is 0 Å². The van der Waals surface area contributed by atoms with Crippen LogP contribution in [0.1, 0.15) is 15.2 Å². The SMILES string of the molecule is COCCOc1ccc(Cl)cc1NC(=O)c1sc2ccccc2c1OCc1ccccc1F. The molecule has 0 bridgehead atoms. The summed E-state index contributed by atoms with van der Waals surface area (Å²) >= 11 is 7.44. The number of benzene rings is 3. The maximum Gasteiger partial charge on any atom is 0.269 e. The second-order valence-electron chi connectivity index (χ2n) is 7.07. The molecule has 0 fully saturated rings. The smallest absolute Gasteiger partial charge is 0.269 e. The first-order valence-corrected chi connectivity index (χ1v) is 11.4. The molecule has 33 heavy (non-hydrogen) atoms. The molecule has 0 aliphatic rings. The Hall–Kier alpha value is -3.13. The van der Waals surface area contributed by atoms with Gasteiger partial charge in [0, 0.05) is 27.8 Å². The van der Waals surface area contributed by atoms with E-state index in [2.05, 4.69) is 5.32 Å². The van der Waals surface area contributed by atoms with Crippen molar-refractivity contribution < 1.29 is 23.4 Å². The summed E-state index contributed by atoms with van der Waals surface area (Å²) in [4.78, 5) is 13.7. The van der Waals surface area contributed by atoms with Crippen molar-refractivity contribution in [2.24, 2.45) is 0 Å². The molecule has 1 N–H and O–H groups in total. The van der Waals surface area contributed by atoms with Gasteiger partial charge in [-0.3, -0.25) is 4.79 Å². The third kappa shape index (κ3) is 5.45. The van der Waals surface area contributed by atoms with Gasteiger partial charge in [0.2, 0.25) is 0 Å². The van der Waals surface area contributed by atoms with Crippen LogP contribution in [0.25, 0.3) is 10.1 Å². The van der Waals surface area contributed by atoms with E-state index in [1.165, 1.54) is 17.4 Å². The third-order valence-corrected chi connectivity index (χ3v) is 6.21. The number of hydrogen-bond donors (Lipinski definition) is 1. The molecule has 0 aliphatic carbocycles. The molecular formula is C25H21ClFNO4S. The van der Waals surface area contributed by atoms with Gasteiger partial charge in [-0.15, -0.1) is 11.3 Å². The number of rotatable bonds is 9. The number of thiophene rings is 1. The topological polar surface area (TPSA) is 56.8 Å². The van der Waals surface area contributed by atoms with Gasteiger partial charge in [-0.1, -0.05) is 41.9 Å². The summed E-state index contributed by atoms with van der Waals surface area (Å²) in [6.07, 6.45) is 0. The molecule has 3 aromatic carbocycles. The van der Waals surface area contributed by atoms with E-state index in [-0.39, 0.29) is 18.3 Å². The molecule has 0 aliphatic heterocycles. The van der Waals surface area contributed by atoms with E-state index in [9.17, 15) is 9.18 Å². The van der Waals surface area contributed by atoms with Crippen molar-refractivity contribution in [3.63, 3.8) is 0 Å². The number of nitrogens with one attached hydrogen (secondary N) is 1. The number of ether oxygens (including phenoxy) is 3. The van der Waals surface area contributed by atoms with Crippen LogP contribution in [0.4, 0.5) is 10.1 Å². The average molecular weight is 486 g/mol. The van der Waals surface area contributed by atoms with Crippen LogP contribution in [0, 0.1) is 5.82 Å². The molecule has 4 aromatic rings. The van der Waals surface area contributed by atoms with Crippen molar-refractivity contribution in [3.8, 4) is 11.5 Å². The van der Waals surface area contributed by atoms with E-state index in [1.807, 2.05) is 24.3 Å². The van der Waals surface area contributed by atoms with Crippen molar-refractivity contribution in [1.82, 2.24) is 0 Å². The Morgan fingerprint density at radius 1 is 1.03 bits per heavy atom. The highest BCUT2D eigenvalue weighted by atomic mass is 35.5. The number of hydrogen-bond acceptors (Lipinski definition) is 5. The summed E-state index contributed by atoms with van der Waals surface area (Å²) in [5.41, 5.74) is 0.837. The monoisotopic (exact) mass is 485 g/mol. The molecule has 0 radical (unpaired) electrons. The molecule has 0 saturated carbocycles. The first kappa shape index (κ1) is 23.0.